The summed E-state index contributed by atoms with van der Waals surface area (Å²) in [6, 6.07) is -1.82. The van der Waals surface area contributed by atoms with Gasteiger partial charge in [0.15, 0.2) is 9.84 Å². The molecule has 0 aliphatic carbocycles. The summed E-state index contributed by atoms with van der Waals surface area (Å²) in [5.41, 5.74) is 0. The SMILES string of the molecule is CCN(CC)C(=O)N[C@H]1CS(=O)(=O)C[C@H]1NC(=O)N(CC)CC. The third kappa shape index (κ3) is 5.26. The number of hydrogen-bond acceptors (Lipinski definition) is 4. The van der Waals surface area contributed by atoms with Gasteiger partial charge in [0.05, 0.1) is 23.6 Å². The van der Waals surface area contributed by atoms with E-state index < -0.39 is 21.9 Å². The first kappa shape index (κ1) is 19.5. The van der Waals surface area contributed by atoms with E-state index in [1.54, 1.807) is 9.80 Å². The van der Waals surface area contributed by atoms with Crippen LogP contribution in [0.3, 0.4) is 0 Å². The molecule has 134 valence electrons. The van der Waals surface area contributed by atoms with Crippen molar-refractivity contribution in [3.63, 3.8) is 0 Å². The Morgan fingerprint density at radius 1 is 0.826 bits per heavy atom. The fourth-order valence-electron chi connectivity index (χ4n) is 2.65. The first-order valence-corrected chi connectivity index (χ1v) is 9.91. The number of nitrogens with zero attached hydrogens (tertiary/aromatic N) is 2. The molecular formula is C14H28N4O4S. The number of sulfone groups is 1. The highest BCUT2D eigenvalue weighted by atomic mass is 32.2. The normalized spacial score (nSPS) is 22.4. The predicted molar refractivity (Wildman–Crippen MR) is 89.1 cm³/mol. The fraction of sp³-hybridized carbons (Fsp3) is 0.857. The highest BCUT2D eigenvalue weighted by molar-refractivity contribution is 7.91. The molecule has 1 heterocycles. The molecule has 1 rings (SSSR count). The van der Waals surface area contributed by atoms with Crippen molar-refractivity contribution in [1.82, 2.24) is 20.4 Å². The minimum absolute atomic E-state index is 0.150. The number of rotatable bonds is 6. The highest BCUT2D eigenvalue weighted by Gasteiger charge is 2.40. The van der Waals surface area contributed by atoms with Crippen LogP contribution in [-0.4, -0.2) is 80.0 Å². The Bertz CT molecular complexity index is 475. The molecule has 2 N–H and O–H groups in total. The Balaban J connectivity index is 2.79. The molecule has 0 bridgehead atoms. The van der Waals surface area contributed by atoms with Crippen molar-refractivity contribution >= 4 is 21.9 Å². The molecule has 9 heteroatoms. The number of amides is 4. The quantitative estimate of drug-likeness (QED) is 0.719. The molecule has 2 atom stereocenters. The molecule has 1 aliphatic rings. The minimum Gasteiger partial charge on any atom is -0.332 e. The molecule has 1 aliphatic heterocycles. The fourth-order valence-corrected chi connectivity index (χ4v) is 4.52. The summed E-state index contributed by atoms with van der Waals surface area (Å²) < 4.78 is 23.8. The van der Waals surface area contributed by atoms with Gasteiger partial charge in [-0.1, -0.05) is 0 Å². The number of hydrogen-bond donors (Lipinski definition) is 2. The maximum Gasteiger partial charge on any atom is 0.317 e. The lowest BCUT2D eigenvalue weighted by Crippen LogP contribution is -2.56. The Kier molecular flexibility index (Phi) is 7.11. The standard InChI is InChI=1S/C14H28N4O4S/c1-5-17(6-2)13(19)15-11-9-23(21,22)10-12(11)16-14(20)18(7-3)8-4/h11-12H,5-10H2,1-4H3,(H,15,19)(H,16,20)/t11-,12+. The van der Waals surface area contributed by atoms with Crippen molar-refractivity contribution < 1.29 is 18.0 Å². The molecular weight excluding hydrogens is 320 g/mol. The number of urea groups is 2. The van der Waals surface area contributed by atoms with Crippen LogP contribution in [0, 0.1) is 0 Å². The summed E-state index contributed by atoms with van der Waals surface area (Å²) in [5.74, 6) is -0.299. The third-order valence-electron chi connectivity index (χ3n) is 4.07. The van der Waals surface area contributed by atoms with E-state index in [9.17, 15) is 18.0 Å². The van der Waals surface area contributed by atoms with Crippen LogP contribution in [0.2, 0.25) is 0 Å². The van der Waals surface area contributed by atoms with Crippen LogP contribution in [-0.2, 0) is 9.84 Å². The number of carbonyl (C=O) groups is 2. The van der Waals surface area contributed by atoms with Crippen LogP contribution in [0.5, 0.6) is 0 Å². The summed E-state index contributed by atoms with van der Waals surface area (Å²) in [6.45, 7) is 9.58. The summed E-state index contributed by atoms with van der Waals surface area (Å²) in [5, 5.41) is 5.48. The van der Waals surface area contributed by atoms with Crippen molar-refractivity contribution in [2.75, 3.05) is 37.7 Å². The first-order chi connectivity index (χ1) is 10.8. The lowest BCUT2D eigenvalue weighted by Gasteiger charge is -2.27. The van der Waals surface area contributed by atoms with E-state index >= 15 is 0 Å². The Labute approximate surface area is 138 Å². The summed E-state index contributed by atoms with van der Waals surface area (Å²) in [6.07, 6.45) is 0. The topological polar surface area (TPSA) is 98.8 Å². The predicted octanol–water partition coefficient (Wildman–Crippen LogP) is 0.255. The van der Waals surface area contributed by atoms with Crippen molar-refractivity contribution in [2.45, 2.75) is 39.8 Å². The zero-order chi connectivity index (χ0) is 17.6. The number of carbonyl (C=O) groups excluding carboxylic acids is 2. The van der Waals surface area contributed by atoms with E-state index in [-0.39, 0.29) is 23.6 Å². The third-order valence-corrected chi connectivity index (χ3v) is 5.81. The maximum atomic E-state index is 12.1. The van der Waals surface area contributed by atoms with Crippen LogP contribution in [0.1, 0.15) is 27.7 Å². The van der Waals surface area contributed by atoms with Gasteiger partial charge in [0.1, 0.15) is 0 Å². The molecule has 0 saturated carbocycles. The van der Waals surface area contributed by atoms with Gasteiger partial charge in [0.25, 0.3) is 0 Å². The lowest BCUT2D eigenvalue weighted by molar-refractivity contribution is 0.190. The summed E-state index contributed by atoms with van der Waals surface area (Å²) in [4.78, 5) is 27.4. The average molecular weight is 348 g/mol. The number of nitrogens with one attached hydrogen (secondary N) is 2. The van der Waals surface area contributed by atoms with Gasteiger partial charge < -0.3 is 20.4 Å². The molecule has 0 aromatic carbocycles. The molecule has 1 saturated heterocycles. The molecule has 0 radical (unpaired) electrons. The molecule has 0 aromatic rings. The van der Waals surface area contributed by atoms with E-state index in [4.69, 9.17) is 0 Å². The zero-order valence-corrected chi connectivity index (χ0v) is 15.1. The lowest BCUT2D eigenvalue weighted by atomic mass is 10.2. The second-order valence-corrected chi connectivity index (χ2v) is 7.69. The van der Waals surface area contributed by atoms with Gasteiger partial charge in [0.2, 0.25) is 0 Å². The Morgan fingerprint density at radius 2 is 1.13 bits per heavy atom. The van der Waals surface area contributed by atoms with Crippen LogP contribution in [0.4, 0.5) is 9.59 Å². The van der Waals surface area contributed by atoms with Crippen molar-refractivity contribution in [2.24, 2.45) is 0 Å². The molecule has 0 aromatic heterocycles. The van der Waals surface area contributed by atoms with Gasteiger partial charge >= 0.3 is 12.1 Å². The van der Waals surface area contributed by atoms with E-state index in [0.717, 1.165) is 0 Å². The molecule has 1 fully saturated rings. The van der Waals surface area contributed by atoms with Gasteiger partial charge in [-0.2, -0.15) is 0 Å². The molecule has 0 unspecified atom stereocenters. The van der Waals surface area contributed by atoms with Crippen LogP contribution in [0.25, 0.3) is 0 Å². The van der Waals surface area contributed by atoms with Crippen LogP contribution in [0.15, 0.2) is 0 Å². The van der Waals surface area contributed by atoms with E-state index in [1.807, 2.05) is 27.7 Å². The van der Waals surface area contributed by atoms with Crippen LogP contribution >= 0.6 is 0 Å². The van der Waals surface area contributed by atoms with Crippen molar-refractivity contribution in [3.05, 3.63) is 0 Å². The zero-order valence-electron chi connectivity index (χ0n) is 14.3. The second-order valence-electron chi connectivity index (χ2n) is 5.53. The smallest absolute Gasteiger partial charge is 0.317 e. The average Bonchev–Trinajstić information content (AvgIpc) is 2.75. The monoisotopic (exact) mass is 348 g/mol. The molecule has 4 amide bonds. The first-order valence-electron chi connectivity index (χ1n) is 8.09. The molecule has 23 heavy (non-hydrogen) atoms. The maximum absolute atomic E-state index is 12.1. The van der Waals surface area contributed by atoms with E-state index in [2.05, 4.69) is 10.6 Å². The second kappa shape index (κ2) is 8.37. The van der Waals surface area contributed by atoms with Gasteiger partial charge in [-0.3, -0.25) is 0 Å². The van der Waals surface area contributed by atoms with Gasteiger partial charge in [-0.25, -0.2) is 18.0 Å². The van der Waals surface area contributed by atoms with Gasteiger partial charge in [-0.15, -0.1) is 0 Å². The van der Waals surface area contributed by atoms with Gasteiger partial charge in [0, 0.05) is 26.2 Å². The largest absolute Gasteiger partial charge is 0.332 e. The van der Waals surface area contributed by atoms with Crippen LogP contribution < -0.4 is 10.6 Å². The van der Waals surface area contributed by atoms with Gasteiger partial charge in [-0.05, 0) is 27.7 Å². The minimum atomic E-state index is -3.28. The van der Waals surface area contributed by atoms with Crippen molar-refractivity contribution in [1.29, 1.82) is 0 Å². The van der Waals surface area contributed by atoms with E-state index in [1.165, 1.54) is 0 Å². The highest BCUT2D eigenvalue weighted by Crippen LogP contribution is 2.14. The Morgan fingerprint density at radius 3 is 1.39 bits per heavy atom. The molecule has 8 nitrogen and oxygen atoms in total. The molecule has 0 spiro atoms. The Hall–Kier alpha value is -1.51. The summed E-state index contributed by atoms with van der Waals surface area (Å²) in [7, 11) is -3.28. The van der Waals surface area contributed by atoms with Crippen molar-refractivity contribution in [3.8, 4) is 0 Å². The van der Waals surface area contributed by atoms with E-state index in [0.29, 0.717) is 26.2 Å². The summed E-state index contributed by atoms with van der Waals surface area (Å²) >= 11 is 0.